The maximum absolute atomic E-state index is 13.0. The Morgan fingerprint density at radius 1 is 1.15 bits per heavy atom. The second kappa shape index (κ2) is 11.5. The molecule has 0 radical (unpaired) electrons. The van der Waals surface area contributed by atoms with Crippen molar-refractivity contribution in [2.24, 2.45) is 5.92 Å². The number of aliphatic carboxylic acids is 1. The molecule has 184 valence electrons. The molecule has 1 saturated heterocycles. The molecule has 2 aromatic carbocycles. The molecule has 6 nitrogen and oxygen atoms in total. The van der Waals surface area contributed by atoms with E-state index in [1.807, 2.05) is 56.3 Å². The first-order valence-electron chi connectivity index (χ1n) is 12.3. The number of ether oxygens (including phenoxy) is 1. The molecule has 1 aliphatic rings. The van der Waals surface area contributed by atoms with E-state index in [9.17, 15) is 14.7 Å². The van der Waals surface area contributed by atoms with Gasteiger partial charge in [-0.15, -0.1) is 0 Å². The number of carboxylic acid groups (broad SMARTS) is 1. The summed E-state index contributed by atoms with van der Waals surface area (Å²) in [5.74, 6) is -0.528. The summed E-state index contributed by atoms with van der Waals surface area (Å²) in [6.07, 6.45) is 3.10. The molecule has 1 fully saturated rings. The maximum atomic E-state index is 13.0. The van der Waals surface area contributed by atoms with E-state index in [1.165, 1.54) is 0 Å². The standard InChI is InChI=1S/C28H38N2O4/c1-18(2)14-24-17-23(12-13-34-24)29-25-11-10-22(20(4)15-28(32)33)16-27(25)30(21(5)31)26-9-7-6-8-19(26)3/h6-11,16,18,20,23-24,29H,12-15,17H2,1-5H3,(H,32,33). The van der Waals surface area contributed by atoms with E-state index in [2.05, 4.69) is 19.2 Å². The molecule has 34 heavy (non-hydrogen) atoms. The van der Waals surface area contributed by atoms with E-state index < -0.39 is 5.97 Å². The van der Waals surface area contributed by atoms with Gasteiger partial charge in [-0.25, -0.2) is 0 Å². The van der Waals surface area contributed by atoms with Gasteiger partial charge in [0, 0.05) is 19.6 Å². The highest BCUT2D eigenvalue weighted by molar-refractivity contribution is 6.02. The Labute approximate surface area is 203 Å². The summed E-state index contributed by atoms with van der Waals surface area (Å²) in [4.78, 5) is 26.0. The van der Waals surface area contributed by atoms with Crippen LogP contribution in [0, 0.1) is 12.8 Å². The van der Waals surface area contributed by atoms with Crippen molar-refractivity contribution in [3.8, 4) is 0 Å². The third-order valence-corrected chi connectivity index (χ3v) is 6.44. The number of carbonyl (C=O) groups is 2. The highest BCUT2D eigenvalue weighted by Gasteiger charge is 2.26. The number of amides is 1. The largest absolute Gasteiger partial charge is 0.481 e. The van der Waals surface area contributed by atoms with Crippen LogP contribution in [-0.2, 0) is 14.3 Å². The van der Waals surface area contributed by atoms with Gasteiger partial charge in [0.05, 0.1) is 29.6 Å². The Balaban J connectivity index is 2.00. The van der Waals surface area contributed by atoms with Crippen molar-refractivity contribution in [2.75, 3.05) is 16.8 Å². The van der Waals surface area contributed by atoms with E-state index in [-0.39, 0.29) is 30.4 Å². The number of rotatable bonds is 9. The minimum atomic E-state index is -0.836. The topological polar surface area (TPSA) is 78.9 Å². The average molecular weight is 467 g/mol. The summed E-state index contributed by atoms with van der Waals surface area (Å²) in [5, 5.41) is 13.0. The molecule has 2 N–H and O–H groups in total. The Kier molecular flexibility index (Phi) is 8.72. The summed E-state index contributed by atoms with van der Waals surface area (Å²) in [6, 6.07) is 14.0. The average Bonchev–Trinajstić information content (AvgIpc) is 2.75. The number of anilines is 3. The zero-order chi connectivity index (χ0) is 24.8. The fraction of sp³-hybridized carbons (Fsp3) is 0.500. The molecule has 3 unspecified atom stereocenters. The lowest BCUT2D eigenvalue weighted by Crippen LogP contribution is -2.35. The Morgan fingerprint density at radius 3 is 2.53 bits per heavy atom. The van der Waals surface area contributed by atoms with Gasteiger partial charge >= 0.3 is 5.97 Å². The Bertz CT molecular complexity index is 1000. The number of nitrogens with zero attached hydrogens (tertiary/aromatic N) is 1. The molecule has 0 aromatic heterocycles. The lowest BCUT2D eigenvalue weighted by molar-refractivity contribution is -0.137. The van der Waals surface area contributed by atoms with Crippen LogP contribution in [0.4, 0.5) is 17.1 Å². The van der Waals surface area contributed by atoms with Crippen LogP contribution in [0.1, 0.15) is 70.4 Å². The van der Waals surface area contributed by atoms with Gasteiger partial charge < -0.3 is 15.2 Å². The smallest absolute Gasteiger partial charge is 0.303 e. The number of hydrogen-bond donors (Lipinski definition) is 2. The van der Waals surface area contributed by atoms with Gasteiger partial charge in [0.15, 0.2) is 0 Å². The van der Waals surface area contributed by atoms with Gasteiger partial charge in [0.25, 0.3) is 0 Å². The SMILES string of the molecule is CC(=O)N(c1ccccc1C)c1cc(C(C)CC(=O)O)ccc1NC1CCOC(CC(C)C)C1. The van der Waals surface area contributed by atoms with Crippen molar-refractivity contribution < 1.29 is 19.4 Å². The van der Waals surface area contributed by atoms with E-state index in [4.69, 9.17) is 4.74 Å². The second-order valence-electron chi connectivity index (χ2n) is 9.90. The molecular formula is C28H38N2O4. The number of carbonyl (C=O) groups excluding carboxylic acids is 1. The molecule has 0 aliphatic carbocycles. The number of para-hydroxylation sites is 1. The third-order valence-electron chi connectivity index (χ3n) is 6.44. The second-order valence-corrected chi connectivity index (χ2v) is 9.90. The minimum Gasteiger partial charge on any atom is -0.481 e. The van der Waals surface area contributed by atoms with Gasteiger partial charge in [0.2, 0.25) is 5.91 Å². The maximum Gasteiger partial charge on any atom is 0.303 e. The van der Waals surface area contributed by atoms with Crippen molar-refractivity contribution >= 4 is 28.9 Å². The molecule has 1 aliphatic heterocycles. The lowest BCUT2D eigenvalue weighted by atomic mass is 9.94. The quantitative estimate of drug-likeness (QED) is 0.456. The van der Waals surface area contributed by atoms with Crippen molar-refractivity contribution in [1.29, 1.82) is 0 Å². The number of nitrogens with one attached hydrogen (secondary N) is 1. The Hall–Kier alpha value is -2.86. The van der Waals surface area contributed by atoms with Crippen molar-refractivity contribution in [2.45, 2.75) is 78.4 Å². The first-order chi connectivity index (χ1) is 16.2. The molecule has 6 heteroatoms. The van der Waals surface area contributed by atoms with Crippen molar-refractivity contribution in [3.63, 3.8) is 0 Å². The molecule has 0 bridgehead atoms. The highest BCUT2D eigenvalue weighted by Crippen LogP contribution is 2.38. The van der Waals surface area contributed by atoms with Crippen LogP contribution < -0.4 is 10.2 Å². The van der Waals surface area contributed by atoms with E-state index >= 15 is 0 Å². The number of hydrogen-bond acceptors (Lipinski definition) is 4. The van der Waals surface area contributed by atoms with E-state index in [0.29, 0.717) is 12.5 Å². The number of aryl methyl sites for hydroxylation is 1. The van der Waals surface area contributed by atoms with E-state index in [1.54, 1.807) is 11.8 Å². The number of benzene rings is 2. The molecule has 1 amide bonds. The van der Waals surface area contributed by atoms with Crippen LogP contribution in [-0.4, -0.2) is 35.7 Å². The van der Waals surface area contributed by atoms with Crippen LogP contribution in [0.25, 0.3) is 0 Å². The molecule has 1 heterocycles. The molecule has 3 atom stereocenters. The molecule has 3 rings (SSSR count). The molecule has 0 spiro atoms. The highest BCUT2D eigenvalue weighted by atomic mass is 16.5. The van der Waals surface area contributed by atoms with Crippen LogP contribution in [0.5, 0.6) is 0 Å². The predicted octanol–water partition coefficient (Wildman–Crippen LogP) is 6.26. The van der Waals surface area contributed by atoms with Crippen LogP contribution >= 0.6 is 0 Å². The summed E-state index contributed by atoms with van der Waals surface area (Å²) >= 11 is 0. The summed E-state index contributed by atoms with van der Waals surface area (Å²) in [7, 11) is 0. The van der Waals surface area contributed by atoms with Gasteiger partial charge in [-0.1, -0.05) is 45.0 Å². The van der Waals surface area contributed by atoms with Gasteiger partial charge in [-0.05, 0) is 67.3 Å². The fourth-order valence-electron chi connectivity index (χ4n) is 4.75. The first kappa shape index (κ1) is 25.8. The fourth-order valence-corrected chi connectivity index (χ4v) is 4.75. The van der Waals surface area contributed by atoms with Gasteiger partial charge in [0.1, 0.15) is 0 Å². The van der Waals surface area contributed by atoms with Crippen LogP contribution in [0.15, 0.2) is 42.5 Å². The van der Waals surface area contributed by atoms with Gasteiger partial charge in [-0.3, -0.25) is 14.5 Å². The molecule has 0 saturated carbocycles. The zero-order valence-electron chi connectivity index (χ0n) is 21.0. The monoisotopic (exact) mass is 466 g/mol. The molecule has 2 aromatic rings. The lowest BCUT2D eigenvalue weighted by Gasteiger charge is -2.33. The third kappa shape index (κ3) is 6.60. The molecular weight excluding hydrogens is 428 g/mol. The minimum absolute atomic E-state index is 0.0352. The number of carboxylic acids is 1. The normalized spacial score (nSPS) is 19.0. The van der Waals surface area contributed by atoms with Crippen LogP contribution in [0.3, 0.4) is 0 Å². The summed E-state index contributed by atoms with van der Waals surface area (Å²) < 4.78 is 5.99. The zero-order valence-corrected chi connectivity index (χ0v) is 21.0. The summed E-state index contributed by atoms with van der Waals surface area (Å²) in [6.45, 7) is 10.6. The Morgan fingerprint density at radius 2 is 1.88 bits per heavy atom. The van der Waals surface area contributed by atoms with E-state index in [0.717, 1.165) is 47.5 Å². The van der Waals surface area contributed by atoms with Gasteiger partial charge in [-0.2, -0.15) is 0 Å². The summed E-state index contributed by atoms with van der Waals surface area (Å²) in [5.41, 5.74) is 4.34. The predicted molar refractivity (Wildman–Crippen MR) is 137 cm³/mol. The first-order valence-corrected chi connectivity index (χ1v) is 12.3. The van der Waals surface area contributed by atoms with Crippen molar-refractivity contribution in [1.82, 2.24) is 0 Å². The van der Waals surface area contributed by atoms with Crippen LogP contribution in [0.2, 0.25) is 0 Å². The van der Waals surface area contributed by atoms with Crippen molar-refractivity contribution in [3.05, 3.63) is 53.6 Å².